The molecule has 0 aromatic heterocycles. The number of hydrogen-bond acceptors (Lipinski definition) is 5. The lowest BCUT2D eigenvalue weighted by Gasteiger charge is -2.39. The molecule has 0 radical (unpaired) electrons. The van der Waals surface area contributed by atoms with Crippen molar-refractivity contribution in [1.82, 2.24) is 0 Å². The van der Waals surface area contributed by atoms with Crippen molar-refractivity contribution in [3.8, 4) is 0 Å². The molecule has 0 spiro atoms. The zero-order valence-corrected chi connectivity index (χ0v) is 31.1. The van der Waals surface area contributed by atoms with Gasteiger partial charge in [-0.25, -0.2) is 0 Å². The van der Waals surface area contributed by atoms with E-state index in [1.807, 2.05) is 0 Å². The van der Waals surface area contributed by atoms with E-state index in [9.17, 15) is 66.7 Å². The summed E-state index contributed by atoms with van der Waals surface area (Å²) in [6, 6.07) is -1.48. The number of carbonyl (C=O) groups is 2. The Labute approximate surface area is 310 Å². The summed E-state index contributed by atoms with van der Waals surface area (Å²) in [5.74, 6) is -39.1. The molecule has 0 saturated carbocycles. The van der Waals surface area contributed by atoms with Gasteiger partial charge in [0.25, 0.3) is 0 Å². The van der Waals surface area contributed by atoms with Crippen LogP contribution in [0.15, 0.2) is 0 Å². The smallest absolute Gasteiger partial charge is 0.460 e. The Bertz CT molecular complexity index is 1030. The minimum absolute atomic E-state index is 0.0760. The zero-order valence-electron chi connectivity index (χ0n) is 31.1. The first-order chi connectivity index (χ1) is 25.0. The van der Waals surface area contributed by atoms with E-state index in [0.29, 0.717) is 38.7 Å². The third kappa shape index (κ3) is 17.4. The number of alkyl halides is 13. The van der Waals surface area contributed by atoms with Crippen molar-refractivity contribution in [3.63, 3.8) is 0 Å². The van der Waals surface area contributed by atoms with Gasteiger partial charge >= 0.3 is 47.7 Å². The summed E-state index contributed by atoms with van der Waals surface area (Å²) >= 11 is 0. The van der Waals surface area contributed by atoms with Gasteiger partial charge in [0.1, 0.15) is 6.04 Å². The second kappa shape index (κ2) is 25.3. The van der Waals surface area contributed by atoms with Crippen molar-refractivity contribution < 1.29 is 76.1 Å². The number of unbranched alkanes of at least 4 members (excludes halogenated alkanes) is 19. The quantitative estimate of drug-likeness (QED) is 0.0405. The van der Waals surface area contributed by atoms with Crippen molar-refractivity contribution in [2.75, 3.05) is 13.2 Å². The van der Waals surface area contributed by atoms with Gasteiger partial charge in [0, 0.05) is 6.42 Å². The molecule has 0 fully saturated rings. The minimum Gasteiger partial charge on any atom is -0.466 e. The summed E-state index contributed by atoms with van der Waals surface area (Å²) in [6.07, 6.45) is 12.0. The molecule has 0 aromatic carbocycles. The molecule has 0 aliphatic carbocycles. The van der Waals surface area contributed by atoms with Crippen LogP contribution in [0.4, 0.5) is 57.1 Å². The number of nitrogens with two attached hydrogens (primary N) is 1. The van der Waals surface area contributed by atoms with Gasteiger partial charge in [-0.1, -0.05) is 129 Å². The molecule has 0 aromatic rings. The summed E-state index contributed by atoms with van der Waals surface area (Å²) in [5.41, 5.74) is 5.52. The zero-order chi connectivity index (χ0) is 41.5. The first kappa shape index (κ1) is 52.0. The monoisotopic (exact) mass is 815 g/mol. The van der Waals surface area contributed by atoms with Crippen LogP contribution >= 0.6 is 0 Å². The highest BCUT2D eigenvalue weighted by Gasteiger charge is 2.90. The first-order valence-corrected chi connectivity index (χ1v) is 19.0. The lowest BCUT2D eigenvalue weighted by Crippen LogP contribution is -2.70. The number of hydrogen-bond donors (Lipinski definition) is 1. The third-order valence-electron chi connectivity index (χ3n) is 9.12. The third-order valence-corrected chi connectivity index (χ3v) is 9.12. The highest BCUT2D eigenvalue weighted by molar-refractivity contribution is 5.75. The van der Waals surface area contributed by atoms with Crippen LogP contribution in [0.2, 0.25) is 0 Å². The van der Waals surface area contributed by atoms with Gasteiger partial charge in [0.15, 0.2) is 0 Å². The maximum atomic E-state index is 13.8. The molecule has 322 valence electrons. The molecule has 0 aliphatic rings. The molecule has 0 amide bonds. The SMILES string of the molecule is CCCCCCCCCCCCCCCCOC(=O)CCCCCCCCCC(N)C(=O)OCCC(F)(F)C(F)(F)C(F)(F)C(F)(F)C(F)(F)C(F)(F)F. The Morgan fingerprint density at radius 1 is 0.481 bits per heavy atom. The Hall–Kier alpha value is -2.01. The van der Waals surface area contributed by atoms with Crippen LogP contribution in [-0.2, 0) is 19.1 Å². The molecule has 0 aliphatic heterocycles. The van der Waals surface area contributed by atoms with E-state index in [1.54, 1.807) is 0 Å². The van der Waals surface area contributed by atoms with Gasteiger partial charge in [0.2, 0.25) is 0 Å². The number of rotatable bonds is 33. The van der Waals surface area contributed by atoms with E-state index in [4.69, 9.17) is 10.5 Å². The maximum absolute atomic E-state index is 13.8. The second-order valence-corrected chi connectivity index (χ2v) is 13.9. The fourth-order valence-electron chi connectivity index (χ4n) is 5.54. The number of ether oxygens (including phenoxy) is 2. The van der Waals surface area contributed by atoms with Gasteiger partial charge in [-0.3, -0.25) is 9.59 Å². The molecule has 18 heteroatoms. The summed E-state index contributed by atoms with van der Waals surface area (Å²) in [5, 5.41) is 0. The second-order valence-electron chi connectivity index (χ2n) is 13.9. The normalized spacial score (nSPS) is 14.0. The summed E-state index contributed by atoms with van der Waals surface area (Å²) in [4.78, 5) is 23.8. The fraction of sp³-hybridized carbons (Fsp3) is 0.944. The Kier molecular flexibility index (Phi) is 24.3. The topological polar surface area (TPSA) is 78.6 Å². The van der Waals surface area contributed by atoms with Crippen LogP contribution in [0.5, 0.6) is 0 Å². The molecule has 2 N–H and O–H groups in total. The summed E-state index contributed by atoms with van der Waals surface area (Å²) < 4.78 is 181. The van der Waals surface area contributed by atoms with Crippen LogP contribution in [-0.4, -0.2) is 67.0 Å². The van der Waals surface area contributed by atoms with Crippen molar-refractivity contribution >= 4 is 11.9 Å². The van der Waals surface area contributed by atoms with Crippen LogP contribution in [0.3, 0.4) is 0 Å². The van der Waals surface area contributed by atoms with Gasteiger partial charge < -0.3 is 15.2 Å². The van der Waals surface area contributed by atoms with E-state index in [2.05, 4.69) is 11.7 Å². The van der Waals surface area contributed by atoms with Gasteiger partial charge in [-0.2, -0.15) is 57.1 Å². The van der Waals surface area contributed by atoms with Crippen molar-refractivity contribution in [2.24, 2.45) is 5.73 Å². The fourth-order valence-corrected chi connectivity index (χ4v) is 5.54. The number of esters is 2. The van der Waals surface area contributed by atoms with E-state index in [0.717, 1.165) is 38.5 Å². The number of carbonyl (C=O) groups excluding carboxylic acids is 2. The molecular formula is C36H58F13NO4. The van der Waals surface area contributed by atoms with Gasteiger partial charge in [-0.05, 0) is 19.3 Å². The predicted octanol–water partition coefficient (Wildman–Crippen LogP) is 12.5. The van der Waals surface area contributed by atoms with Crippen LogP contribution in [0, 0.1) is 0 Å². The highest BCUT2D eigenvalue weighted by atomic mass is 19.4. The lowest BCUT2D eigenvalue weighted by molar-refractivity contribution is -0.440. The first-order valence-electron chi connectivity index (χ1n) is 19.0. The lowest BCUT2D eigenvalue weighted by atomic mass is 9.93. The Balaban J connectivity index is 4.04. The van der Waals surface area contributed by atoms with E-state index in [1.165, 1.54) is 70.6 Å². The molecule has 1 unspecified atom stereocenters. The standard InChI is InChI=1S/C36H58F13NO4/c1-2-3-4-5-6-7-8-9-10-11-12-16-19-22-26-53-29(51)24-21-18-15-13-14-17-20-23-28(50)30(52)54-27-25-31(37,38)32(39,40)33(41,42)34(43,44)35(45,46)36(47,48)49/h28H,2-27,50H2,1H3. The molecule has 0 bridgehead atoms. The van der Waals surface area contributed by atoms with Crippen LogP contribution < -0.4 is 5.73 Å². The van der Waals surface area contributed by atoms with E-state index < -0.39 is 60.8 Å². The maximum Gasteiger partial charge on any atom is 0.460 e. The van der Waals surface area contributed by atoms with Gasteiger partial charge in [-0.15, -0.1) is 0 Å². The highest BCUT2D eigenvalue weighted by Crippen LogP contribution is 2.60. The van der Waals surface area contributed by atoms with Crippen molar-refractivity contribution in [1.29, 1.82) is 0 Å². The summed E-state index contributed by atoms with van der Waals surface area (Å²) in [6.45, 7) is 0.811. The average molecular weight is 816 g/mol. The molecule has 0 heterocycles. The molecule has 1 atom stereocenters. The predicted molar refractivity (Wildman–Crippen MR) is 177 cm³/mol. The molecular weight excluding hydrogens is 757 g/mol. The molecule has 0 rings (SSSR count). The van der Waals surface area contributed by atoms with Crippen molar-refractivity contribution in [3.05, 3.63) is 0 Å². The number of halogens is 13. The average Bonchev–Trinajstić information content (AvgIpc) is 3.08. The largest absolute Gasteiger partial charge is 0.466 e. The van der Waals surface area contributed by atoms with E-state index >= 15 is 0 Å². The summed E-state index contributed by atoms with van der Waals surface area (Å²) in [7, 11) is 0. The Morgan fingerprint density at radius 3 is 1.31 bits per heavy atom. The van der Waals surface area contributed by atoms with Gasteiger partial charge in [0.05, 0.1) is 19.6 Å². The van der Waals surface area contributed by atoms with Crippen molar-refractivity contribution in [2.45, 2.75) is 203 Å². The molecule has 54 heavy (non-hydrogen) atoms. The minimum atomic E-state index is -7.98. The molecule has 0 saturated heterocycles. The van der Waals surface area contributed by atoms with E-state index in [-0.39, 0.29) is 12.4 Å². The van der Waals surface area contributed by atoms with Crippen LogP contribution in [0.25, 0.3) is 0 Å². The molecule has 5 nitrogen and oxygen atoms in total. The van der Waals surface area contributed by atoms with Crippen LogP contribution in [0.1, 0.15) is 161 Å². The Morgan fingerprint density at radius 2 is 0.870 bits per heavy atom.